The third-order valence-electron chi connectivity index (χ3n) is 5.90. The van der Waals surface area contributed by atoms with Crippen LogP contribution in [-0.4, -0.2) is 26.7 Å². The lowest BCUT2D eigenvalue weighted by atomic mass is 9.93. The van der Waals surface area contributed by atoms with E-state index >= 15 is 0 Å². The average Bonchev–Trinajstić information content (AvgIpc) is 3.03. The van der Waals surface area contributed by atoms with Crippen molar-refractivity contribution in [1.82, 2.24) is 9.55 Å². The Labute approximate surface area is 168 Å². The Hall–Kier alpha value is -2.34. The molecule has 0 bridgehead atoms. The Kier molecular flexibility index (Phi) is 5.40. The van der Waals surface area contributed by atoms with Crippen LogP contribution in [0.3, 0.4) is 0 Å². The van der Waals surface area contributed by atoms with Gasteiger partial charge in [0, 0.05) is 12.0 Å². The minimum Gasteiger partial charge on any atom is -0.480 e. The summed E-state index contributed by atoms with van der Waals surface area (Å²) in [5, 5.41) is 13.1. The number of anilines is 1. The predicted molar refractivity (Wildman–Crippen MR) is 108 cm³/mol. The first-order valence-corrected chi connectivity index (χ1v) is 10.3. The molecule has 1 aromatic heterocycles. The standard InChI is InChI=1S/C21H24ClN3O3/c22-18-17-14(9-4-8-13-6-2-1-3-7-13)12-16(21(27)28)25(17)20(26)19(24-18)23-15-10-5-11-15/h1-3,6-7,14-16H,4-5,8-12H2,(H,23,24)(H,27,28)/t14-,16-/m0/s1. The van der Waals surface area contributed by atoms with Crippen molar-refractivity contribution in [3.8, 4) is 0 Å². The average molecular weight is 402 g/mol. The van der Waals surface area contributed by atoms with Crippen LogP contribution >= 0.6 is 11.6 Å². The summed E-state index contributed by atoms with van der Waals surface area (Å²) in [4.78, 5) is 29.1. The highest BCUT2D eigenvalue weighted by Gasteiger charge is 2.39. The first kappa shape index (κ1) is 19.0. The lowest BCUT2D eigenvalue weighted by Gasteiger charge is -2.27. The number of halogens is 1. The topological polar surface area (TPSA) is 84.2 Å². The van der Waals surface area contributed by atoms with Crippen LogP contribution in [0.1, 0.15) is 61.7 Å². The molecular weight excluding hydrogens is 378 g/mol. The van der Waals surface area contributed by atoms with Crippen LogP contribution in [-0.2, 0) is 11.2 Å². The fraction of sp³-hybridized carbons (Fsp3) is 0.476. The van der Waals surface area contributed by atoms with Crippen LogP contribution in [0.4, 0.5) is 5.82 Å². The van der Waals surface area contributed by atoms with Crippen molar-refractivity contribution in [3.05, 3.63) is 57.1 Å². The maximum absolute atomic E-state index is 13.0. The van der Waals surface area contributed by atoms with Crippen LogP contribution in [0.25, 0.3) is 0 Å². The molecule has 28 heavy (non-hydrogen) atoms. The highest BCUT2D eigenvalue weighted by molar-refractivity contribution is 6.30. The van der Waals surface area contributed by atoms with Gasteiger partial charge in [-0.25, -0.2) is 9.78 Å². The van der Waals surface area contributed by atoms with E-state index in [0.717, 1.165) is 38.5 Å². The van der Waals surface area contributed by atoms with Crippen molar-refractivity contribution in [3.63, 3.8) is 0 Å². The van der Waals surface area contributed by atoms with E-state index in [1.54, 1.807) is 0 Å². The number of aryl methyl sites for hydroxylation is 1. The van der Waals surface area contributed by atoms with Crippen molar-refractivity contribution in [2.75, 3.05) is 5.32 Å². The minimum atomic E-state index is -0.995. The molecule has 0 unspecified atom stereocenters. The second-order valence-electron chi connectivity index (χ2n) is 7.75. The van der Waals surface area contributed by atoms with E-state index in [4.69, 9.17) is 11.6 Å². The van der Waals surface area contributed by atoms with Gasteiger partial charge in [-0.15, -0.1) is 0 Å². The predicted octanol–water partition coefficient (Wildman–Crippen LogP) is 4.00. The third-order valence-corrected chi connectivity index (χ3v) is 6.18. The normalized spacial score (nSPS) is 21.2. The first-order chi connectivity index (χ1) is 13.5. The fourth-order valence-electron chi connectivity index (χ4n) is 4.19. The number of aliphatic carboxylic acids is 1. The molecule has 0 amide bonds. The number of nitrogens with zero attached hydrogens (tertiary/aromatic N) is 2. The molecule has 6 nitrogen and oxygen atoms in total. The van der Waals surface area contributed by atoms with Gasteiger partial charge in [-0.2, -0.15) is 0 Å². The van der Waals surface area contributed by atoms with Crippen molar-refractivity contribution in [2.24, 2.45) is 0 Å². The summed E-state index contributed by atoms with van der Waals surface area (Å²) >= 11 is 6.45. The monoisotopic (exact) mass is 401 g/mol. The van der Waals surface area contributed by atoms with E-state index in [1.807, 2.05) is 18.2 Å². The zero-order valence-corrected chi connectivity index (χ0v) is 16.4. The van der Waals surface area contributed by atoms with E-state index in [-0.39, 0.29) is 28.5 Å². The largest absolute Gasteiger partial charge is 0.480 e. The van der Waals surface area contributed by atoms with Gasteiger partial charge in [-0.1, -0.05) is 41.9 Å². The second-order valence-corrected chi connectivity index (χ2v) is 8.11. The fourth-order valence-corrected chi connectivity index (χ4v) is 4.52. The summed E-state index contributed by atoms with van der Waals surface area (Å²) < 4.78 is 1.37. The lowest BCUT2D eigenvalue weighted by Crippen LogP contribution is -2.35. The summed E-state index contributed by atoms with van der Waals surface area (Å²) in [6, 6.07) is 9.52. The molecule has 148 valence electrons. The van der Waals surface area contributed by atoms with Gasteiger partial charge in [0.15, 0.2) is 11.0 Å². The number of fused-ring (bicyclic) bond motifs is 1. The number of carboxylic acids is 1. The molecule has 1 aliphatic carbocycles. The smallest absolute Gasteiger partial charge is 0.326 e. The molecule has 4 rings (SSSR count). The Morgan fingerprint density at radius 3 is 2.68 bits per heavy atom. The Balaban J connectivity index is 1.57. The lowest BCUT2D eigenvalue weighted by molar-refractivity contribution is -0.140. The van der Waals surface area contributed by atoms with Crippen molar-refractivity contribution in [1.29, 1.82) is 0 Å². The number of rotatable bonds is 7. The van der Waals surface area contributed by atoms with E-state index < -0.39 is 12.0 Å². The van der Waals surface area contributed by atoms with Gasteiger partial charge in [-0.3, -0.25) is 9.36 Å². The Morgan fingerprint density at radius 2 is 2.04 bits per heavy atom. The molecule has 1 saturated carbocycles. The molecule has 1 aliphatic heterocycles. The molecule has 1 fully saturated rings. The van der Waals surface area contributed by atoms with E-state index in [9.17, 15) is 14.7 Å². The molecule has 7 heteroatoms. The van der Waals surface area contributed by atoms with Crippen LogP contribution in [0, 0.1) is 0 Å². The van der Waals surface area contributed by atoms with Crippen LogP contribution in [0.5, 0.6) is 0 Å². The number of carboxylic acid groups (broad SMARTS) is 1. The summed E-state index contributed by atoms with van der Waals surface area (Å²) in [6.07, 6.45) is 6.07. The number of aromatic nitrogens is 2. The van der Waals surface area contributed by atoms with E-state index in [2.05, 4.69) is 22.4 Å². The molecule has 2 atom stereocenters. The molecule has 2 aromatic rings. The number of hydrogen-bond donors (Lipinski definition) is 2. The molecule has 2 heterocycles. The molecule has 2 N–H and O–H groups in total. The molecule has 0 spiro atoms. The van der Waals surface area contributed by atoms with Gasteiger partial charge in [0.25, 0.3) is 5.56 Å². The number of hydrogen-bond acceptors (Lipinski definition) is 4. The van der Waals surface area contributed by atoms with Gasteiger partial charge in [0.2, 0.25) is 0 Å². The van der Waals surface area contributed by atoms with E-state index in [1.165, 1.54) is 10.1 Å². The zero-order chi connectivity index (χ0) is 19.7. The first-order valence-electron chi connectivity index (χ1n) is 9.89. The minimum absolute atomic E-state index is 0.0738. The maximum Gasteiger partial charge on any atom is 0.326 e. The van der Waals surface area contributed by atoms with Gasteiger partial charge in [0.1, 0.15) is 6.04 Å². The summed E-state index contributed by atoms with van der Waals surface area (Å²) in [6.45, 7) is 0. The second kappa shape index (κ2) is 7.95. The molecule has 2 aliphatic rings. The quantitative estimate of drug-likeness (QED) is 0.732. The van der Waals surface area contributed by atoms with Crippen molar-refractivity contribution < 1.29 is 9.90 Å². The zero-order valence-electron chi connectivity index (χ0n) is 15.6. The SMILES string of the molecule is O=C(O)[C@@H]1C[C@H](CCCc2ccccc2)c2c(Cl)nc(NC3CCC3)c(=O)n21. The van der Waals surface area contributed by atoms with Crippen molar-refractivity contribution >= 4 is 23.4 Å². The summed E-state index contributed by atoms with van der Waals surface area (Å²) in [7, 11) is 0. The Bertz CT molecular complexity index is 924. The highest BCUT2D eigenvalue weighted by Crippen LogP contribution is 2.41. The molecule has 0 saturated heterocycles. The number of benzene rings is 1. The molecular formula is C21H24ClN3O3. The number of nitrogens with one attached hydrogen (secondary N) is 1. The Morgan fingerprint density at radius 1 is 1.29 bits per heavy atom. The van der Waals surface area contributed by atoms with Crippen LogP contribution in [0.15, 0.2) is 35.1 Å². The summed E-state index contributed by atoms with van der Waals surface area (Å²) in [5.41, 5.74) is 1.45. The number of carbonyl (C=O) groups is 1. The highest BCUT2D eigenvalue weighted by atomic mass is 35.5. The summed E-state index contributed by atoms with van der Waals surface area (Å²) in [5.74, 6) is -0.893. The van der Waals surface area contributed by atoms with Gasteiger partial charge >= 0.3 is 5.97 Å². The third kappa shape index (κ3) is 3.65. The van der Waals surface area contributed by atoms with Gasteiger partial charge in [0.05, 0.1) is 5.69 Å². The van der Waals surface area contributed by atoms with Crippen LogP contribution in [0.2, 0.25) is 5.15 Å². The van der Waals surface area contributed by atoms with Crippen LogP contribution < -0.4 is 10.9 Å². The van der Waals surface area contributed by atoms with Gasteiger partial charge in [-0.05, 0) is 50.5 Å². The van der Waals surface area contributed by atoms with E-state index in [0.29, 0.717) is 12.1 Å². The molecule has 1 aromatic carbocycles. The van der Waals surface area contributed by atoms with Gasteiger partial charge < -0.3 is 10.4 Å². The molecule has 0 radical (unpaired) electrons. The van der Waals surface area contributed by atoms with Crippen molar-refractivity contribution in [2.45, 2.75) is 62.9 Å². The maximum atomic E-state index is 13.0.